The average molecular weight is 215 g/mol. The number of hydrogen-bond donors (Lipinski definition) is 1. The number of hydrogen-bond acceptors (Lipinski definition) is 4. The number of benzene rings is 1. The normalized spacial score (nSPS) is 11.1. The van der Waals surface area contributed by atoms with Crippen LogP contribution in [0.3, 0.4) is 0 Å². The summed E-state index contributed by atoms with van der Waals surface area (Å²) in [6.07, 6.45) is 1.57. The summed E-state index contributed by atoms with van der Waals surface area (Å²) in [4.78, 5) is 4.29. The lowest BCUT2D eigenvalue weighted by atomic mass is 10.2. The van der Waals surface area contributed by atoms with Gasteiger partial charge >= 0.3 is 0 Å². The molecule has 0 aliphatic heterocycles. The topological polar surface area (TPSA) is 59.4 Å². The molecule has 0 radical (unpaired) electrons. The first-order valence-electron chi connectivity index (χ1n) is 4.91. The summed E-state index contributed by atoms with van der Waals surface area (Å²) in [7, 11) is 0. The molecule has 0 fully saturated rings. The van der Waals surface area contributed by atoms with E-state index < -0.39 is 0 Å². The molecule has 2 heterocycles. The van der Waals surface area contributed by atoms with Crippen molar-refractivity contribution >= 4 is 11.1 Å². The molecule has 3 rings (SSSR count). The fourth-order valence-corrected chi connectivity index (χ4v) is 1.57. The van der Waals surface area contributed by atoms with Crippen LogP contribution in [0.25, 0.3) is 22.8 Å². The number of aliphatic hydroxyl groups excluding tert-OH is 1. The fraction of sp³-hybridized carbons (Fsp3) is 0.0833. The van der Waals surface area contributed by atoms with E-state index in [2.05, 4.69) is 4.98 Å². The SMILES string of the molecule is OCc1ccc2nc(-c3ccco3)oc2c1. The molecule has 1 N–H and O–H groups in total. The minimum atomic E-state index is -0.00722. The summed E-state index contributed by atoms with van der Waals surface area (Å²) >= 11 is 0. The first-order valence-corrected chi connectivity index (χ1v) is 4.91. The first-order chi connectivity index (χ1) is 7.86. The molecular formula is C12H9NO3. The molecule has 2 aromatic heterocycles. The monoisotopic (exact) mass is 215 g/mol. The van der Waals surface area contributed by atoms with Gasteiger partial charge in [0.15, 0.2) is 11.3 Å². The highest BCUT2D eigenvalue weighted by atomic mass is 16.4. The molecule has 0 amide bonds. The van der Waals surface area contributed by atoms with E-state index in [-0.39, 0.29) is 6.61 Å². The number of furan rings is 1. The molecule has 0 bridgehead atoms. The lowest BCUT2D eigenvalue weighted by molar-refractivity contribution is 0.282. The summed E-state index contributed by atoms with van der Waals surface area (Å²) in [5.74, 6) is 1.05. The third-order valence-corrected chi connectivity index (χ3v) is 2.37. The molecule has 80 valence electrons. The van der Waals surface area contributed by atoms with Gasteiger partial charge in [0.1, 0.15) is 5.52 Å². The molecule has 4 nitrogen and oxygen atoms in total. The minimum Gasteiger partial charge on any atom is -0.459 e. The van der Waals surface area contributed by atoms with Crippen LogP contribution in [0.2, 0.25) is 0 Å². The lowest BCUT2D eigenvalue weighted by Crippen LogP contribution is -1.80. The molecule has 0 unspecified atom stereocenters. The van der Waals surface area contributed by atoms with E-state index in [9.17, 15) is 0 Å². The molecule has 0 spiro atoms. The number of fused-ring (bicyclic) bond motifs is 1. The van der Waals surface area contributed by atoms with Gasteiger partial charge in [-0.05, 0) is 29.8 Å². The molecular weight excluding hydrogens is 206 g/mol. The first kappa shape index (κ1) is 9.18. The Hall–Kier alpha value is -2.07. The smallest absolute Gasteiger partial charge is 0.263 e. The Balaban J connectivity index is 2.16. The number of nitrogens with zero attached hydrogens (tertiary/aromatic N) is 1. The second kappa shape index (κ2) is 3.50. The zero-order chi connectivity index (χ0) is 11.0. The van der Waals surface area contributed by atoms with Crippen LogP contribution < -0.4 is 0 Å². The largest absolute Gasteiger partial charge is 0.459 e. The van der Waals surface area contributed by atoms with Crippen molar-refractivity contribution in [1.29, 1.82) is 0 Å². The van der Waals surface area contributed by atoms with Crippen molar-refractivity contribution in [2.45, 2.75) is 6.61 Å². The second-order valence-electron chi connectivity index (χ2n) is 3.46. The van der Waals surface area contributed by atoms with Crippen LogP contribution in [0, 0.1) is 0 Å². The highest BCUT2D eigenvalue weighted by Crippen LogP contribution is 2.25. The van der Waals surface area contributed by atoms with Gasteiger partial charge in [-0.1, -0.05) is 6.07 Å². The molecule has 0 aliphatic carbocycles. The Bertz CT molecular complexity index is 610. The van der Waals surface area contributed by atoms with Crippen LogP contribution in [-0.2, 0) is 6.61 Å². The van der Waals surface area contributed by atoms with Crippen molar-refractivity contribution in [3.05, 3.63) is 42.2 Å². The van der Waals surface area contributed by atoms with E-state index in [1.165, 1.54) is 0 Å². The molecule has 16 heavy (non-hydrogen) atoms. The Morgan fingerprint density at radius 1 is 1.25 bits per heavy atom. The highest BCUT2D eigenvalue weighted by molar-refractivity contribution is 5.76. The zero-order valence-corrected chi connectivity index (χ0v) is 8.38. The summed E-state index contributed by atoms with van der Waals surface area (Å²) in [6, 6.07) is 8.98. The van der Waals surface area contributed by atoms with Crippen molar-refractivity contribution < 1.29 is 13.9 Å². The molecule has 0 saturated heterocycles. The average Bonchev–Trinajstić information content (AvgIpc) is 2.96. The van der Waals surface area contributed by atoms with E-state index in [1.54, 1.807) is 24.5 Å². The van der Waals surface area contributed by atoms with E-state index in [0.29, 0.717) is 17.2 Å². The summed E-state index contributed by atoms with van der Waals surface area (Å²) in [5.41, 5.74) is 2.20. The third-order valence-electron chi connectivity index (χ3n) is 2.37. The van der Waals surface area contributed by atoms with Crippen LogP contribution in [-0.4, -0.2) is 10.1 Å². The maximum absolute atomic E-state index is 9.01. The molecule has 0 saturated carbocycles. The van der Waals surface area contributed by atoms with Crippen molar-refractivity contribution in [1.82, 2.24) is 4.98 Å². The standard InChI is InChI=1S/C12H9NO3/c14-7-8-3-4-9-11(6-8)16-12(13-9)10-2-1-5-15-10/h1-6,14H,7H2. The second-order valence-corrected chi connectivity index (χ2v) is 3.46. The third kappa shape index (κ3) is 1.40. The van der Waals surface area contributed by atoms with E-state index in [0.717, 1.165) is 11.1 Å². The Labute approximate surface area is 91.1 Å². The summed E-state index contributed by atoms with van der Waals surface area (Å²) in [5, 5.41) is 9.01. The highest BCUT2D eigenvalue weighted by Gasteiger charge is 2.10. The van der Waals surface area contributed by atoms with Gasteiger partial charge in [0.05, 0.1) is 12.9 Å². The van der Waals surface area contributed by atoms with Gasteiger partial charge < -0.3 is 13.9 Å². The Morgan fingerprint density at radius 2 is 2.19 bits per heavy atom. The quantitative estimate of drug-likeness (QED) is 0.713. The number of aliphatic hydroxyl groups is 1. The summed E-state index contributed by atoms with van der Waals surface area (Å²) in [6.45, 7) is -0.00722. The molecule has 1 aromatic carbocycles. The molecule has 4 heteroatoms. The van der Waals surface area contributed by atoms with Gasteiger partial charge in [-0.25, -0.2) is 4.98 Å². The molecule has 3 aromatic rings. The Morgan fingerprint density at radius 3 is 2.94 bits per heavy atom. The van der Waals surface area contributed by atoms with Gasteiger partial charge in [-0.3, -0.25) is 0 Å². The van der Waals surface area contributed by atoms with Crippen molar-refractivity contribution in [3.8, 4) is 11.7 Å². The zero-order valence-electron chi connectivity index (χ0n) is 8.38. The van der Waals surface area contributed by atoms with Gasteiger partial charge in [-0.2, -0.15) is 0 Å². The van der Waals surface area contributed by atoms with Gasteiger partial charge in [0.25, 0.3) is 5.89 Å². The predicted octanol–water partition coefficient (Wildman–Crippen LogP) is 2.58. The van der Waals surface area contributed by atoms with E-state index >= 15 is 0 Å². The van der Waals surface area contributed by atoms with Crippen LogP contribution in [0.1, 0.15) is 5.56 Å². The fourth-order valence-electron chi connectivity index (χ4n) is 1.57. The van der Waals surface area contributed by atoms with Crippen molar-refractivity contribution in [2.24, 2.45) is 0 Å². The number of aromatic nitrogens is 1. The number of rotatable bonds is 2. The maximum atomic E-state index is 9.01. The van der Waals surface area contributed by atoms with Gasteiger partial charge in [0.2, 0.25) is 0 Å². The molecule has 0 atom stereocenters. The van der Waals surface area contributed by atoms with Gasteiger partial charge in [0, 0.05) is 0 Å². The number of oxazole rings is 1. The predicted molar refractivity (Wildman–Crippen MR) is 57.6 cm³/mol. The Kier molecular flexibility index (Phi) is 2.01. The van der Waals surface area contributed by atoms with Crippen LogP contribution in [0.5, 0.6) is 0 Å². The van der Waals surface area contributed by atoms with Crippen LogP contribution >= 0.6 is 0 Å². The van der Waals surface area contributed by atoms with E-state index in [4.69, 9.17) is 13.9 Å². The van der Waals surface area contributed by atoms with Crippen LogP contribution in [0.4, 0.5) is 0 Å². The minimum absolute atomic E-state index is 0.00722. The van der Waals surface area contributed by atoms with Crippen molar-refractivity contribution in [3.63, 3.8) is 0 Å². The van der Waals surface area contributed by atoms with Gasteiger partial charge in [-0.15, -0.1) is 0 Å². The van der Waals surface area contributed by atoms with Crippen molar-refractivity contribution in [2.75, 3.05) is 0 Å². The van der Waals surface area contributed by atoms with Crippen LogP contribution in [0.15, 0.2) is 45.4 Å². The van der Waals surface area contributed by atoms with E-state index in [1.807, 2.05) is 12.1 Å². The lowest BCUT2D eigenvalue weighted by Gasteiger charge is -1.92. The molecule has 0 aliphatic rings. The summed E-state index contributed by atoms with van der Waals surface area (Å²) < 4.78 is 10.7. The maximum Gasteiger partial charge on any atom is 0.263 e.